The molecule has 3 aromatic rings. The monoisotopic (exact) mass is 292 g/mol. The third-order valence-corrected chi connectivity index (χ3v) is 3.85. The first-order valence-electron chi connectivity index (χ1n) is 7.11. The van der Waals surface area contributed by atoms with Crippen molar-refractivity contribution >= 4 is 22.1 Å². The van der Waals surface area contributed by atoms with Gasteiger partial charge >= 0.3 is 0 Å². The van der Waals surface area contributed by atoms with E-state index < -0.39 is 0 Å². The van der Waals surface area contributed by atoms with Crippen LogP contribution in [0.4, 0.5) is 11.4 Å². The Morgan fingerprint density at radius 1 is 1.00 bits per heavy atom. The summed E-state index contributed by atoms with van der Waals surface area (Å²) in [6, 6.07) is 19.5. The Balaban J connectivity index is 1.82. The Morgan fingerprint density at radius 2 is 1.77 bits per heavy atom. The van der Waals surface area contributed by atoms with Crippen molar-refractivity contribution in [3.63, 3.8) is 0 Å². The van der Waals surface area contributed by atoms with Gasteiger partial charge in [0.2, 0.25) is 0 Å². The number of anilines is 1. The zero-order chi connectivity index (χ0) is 15.5. The normalized spacial score (nSPS) is 10.6. The number of hydrogen-bond donors (Lipinski definition) is 1. The van der Waals surface area contributed by atoms with Crippen LogP contribution in [0.2, 0.25) is 0 Å². The highest BCUT2D eigenvalue weighted by Gasteiger charge is 2.12. The molecule has 0 unspecified atom stereocenters. The first-order valence-corrected chi connectivity index (χ1v) is 7.11. The van der Waals surface area contributed by atoms with E-state index in [0.29, 0.717) is 12.1 Å². The molecule has 0 atom stereocenters. The van der Waals surface area contributed by atoms with Crippen LogP contribution in [0, 0.1) is 17.0 Å². The van der Waals surface area contributed by atoms with Crippen LogP contribution in [-0.4, -0.2) is 4.92 Å². The highest BCUT2D eigenvalue weighted by molar-refractivity contribution is 5.85. The van der Waals surface area contributed by atoms with Crippen molar-refractivity contribution in [2.75, 3.05) is 5.32 Å². The Morgan fingerprint density at radius 3 is 2.55 bits per heavy atom. The largest absolute Gasteiger partial charge is 0.381 e. The number of fused-ring (bicyclic) bond motifs is 1. The maximum Gasteiger partial charge on any atom is 0.272 e. The highest BCUT2D eigenvalue weighted by atomic mass is 16.6. The van der Waals surface area contributed by atoms with Crippen LogP contribution in [0.15, 0.2) is 60.7 Å². The molecule has 0 spiro atoms. The van der Waals surface area contributed by atoms with Gasteiger partial charge in [0.05, 0.1) is 4.92 Å². The summed E-state index contributed by atoms with van der Waals surface area (Å²) in [6.07, 6.45) is 0. The van der Waals surface area contributed by atoms with Gasteiger partial charge in [-0.25, -0.2) is 0 Å². The van der Waals surface area contributed by atoms with E-state index in [0.717, 1.165) is 11.3 Å². The maximum atomic E-state index is 11.0. The summed E-state index contributed by atoms with van der Waals surface area (Å²) in [4.78, 5) is 10.6. The topological polar surface area (TPSA) is 55.2 Å². The standard InChI is InChI=1S/C18H16N2O2/c1-13-16(7-4-8-18(13)20(21)22)12-19-17-10-9-14-5-2-3-6-15(14)11-17/h2-11,19H,12H2,1H3. The van der Waals surface area contributed by atoms with Crippen molar-refractivity contribution < 1.29 is 4.92 Å². The predicted octanol–water partition coefficient (Wildman–Crippen LogP) is 4.67. The molecule has 4 nitrogen and oxygen atoms in total. The first kappa shape index (κ1) is 14.1. The van der Waals surface area contributed by atoms with Crippen LogP contribution in [-0.2, 0) is 6.54 Å². The molecule has 0 aliphatic carbocycles. The van der Waals surface area contributed by atoms with Crippen molar-refractivity contribution in [1.29, 1.82) is 0 Å². The molecule has 0 saturated carbocycles. The van der Waals surface area contributed by atoms with Gasteiger partial charge in [-0.3, -0.25) is 10.1 Å². The Bertz CT molecular complexity index is 843. The van der Waals surface area contributed by atoms with Gasteiger partial charge in [0.1, 0.15) is 0 Å². The van der Waals surface area contributed by atoms with E-state index in [2.05, 4.69) is 29.6 Å². The molecule has 4 heteroatoms. The Hall–Kier alpha value is -2.88. The molecule has 1 N–H and O–H groups in total. The summed E-state index contributed by atoms with van der Waals surface area (Å²) in [5, 5.41) is 16.7. The van der Waals surface area contributed by atoms with E-state index in [1.54, 1.807) is 13.0 Å². The predicted molar refractivity (Wildman–Crippen MR) is 89.1 cm³/mol. The molecule has 0 bridgehead atoms. The molecular formula is C18H16N2O2. The van der Waals surface area contributed by atoms with Crippen molar-refractivity contribution in [3.05, 3.63) is 81.9 Å². The lowest BCUT2D eigenvalue weighted by molar-refractivity contribution is -0.385. The molecule has 0 radical (unpaired) electrons. The van der Waals surface area contributed by atoms with Gasteiger partial charge in [-0.2, -0.15) is 0 Å². The quantitative estimate of drug-likeness (QED) is 0.561. The van der Waals surface area contributed by atoms with Crippen molar-refractivity contribution in [2.45, 2.75) is 13.5 Å². The zero-order valence-corrected chi connectivity index (χ0v) is 12.2. The van der Waals surface area contributed by atoms with Crippen molar-refractivity contribution in [3.8, 4) is 0 Å². The summed E-state index contributed by atoms with van der Waals surface area (Å²) < 4.78 is 0. The second-order valence-electron chi connectivity index (χ2n) is 5.23. The van der Waals surface area contributed by atoms with Gasteiger partial charge in [-0.05, 0) is 35.4 Å². The third kappa shape index (κ3) is 2.76. The fourth-order valence-electron chi connectivity index (χ4n) is 2.56. The molecule has 0 aliphatic rings. The third-order valence-electron chi connectivity index (χ3n) is 3.85. The van der Waals surface area contributed by atoms with Gasteiger partial charge < -0.3 is 5.32 Å². The number of nitro groups is 1. The van der Waals surface area contributed by atoms with E-state index in [1.807, 2.05) is 24.3 Å². The molecule has 110 valence electrons. The lowest BCUT2D eigenvalue weighted by Crippen LogP contribution is -2.03. The van der Waals surface area contributed by atoms with Crippen LogP contribution >= 0.6 is 0 Å². The number of nitrogens with one attached hydrogen (secondary N) is 1. The molecule has 0 saturated heterocycles. The number of nitrogens with zero attached hydrogens (tertiary/aromatic N) is 1. The van der Waals surface area contributed by atoms with Crippen LogP contribution in [0.1, 0.15) is 11.1 Å². The van der Waals surface area contributed by atoms with Gasteiger partial charge in [-0.15, -0.1) is 0 Å². The maximum absolute atomic E-state index is 11.0. The smallest absolute Gasteiger partial charge is 0.272 e. The van der Waals surface area contributed by atoms with Crippen molar-refractivity contribution in [2.24, 2.45) is 0 Å². The van der Waals surface area contributed by atoms with E-state index >= 15 is 0 Å². The molecule has 0 aromatic heterocycles. The molecule has 3 aromatic carbocycles. The summed E-state index contributed by atoms with van der Waals surface area (Å²) in [5.74, 6) is 0. The summed E-state index contributed by atoms with van der Waals surface area (Å²) >= 11 is 0. The van der Waals surface area contributed by atoms with Crippen LogP contribution in [0.25, 0.3) is 10.8 Å². The Labute approximate surface area is 128 Å². The number of benzene rings is 3. The van der Waals surface area contributed by atoms with E-state index in [9.17, 15) is 10.1 Å². The summed E-state index contributed by atoms with van der Waals surface area (Å²) in [7, 11) is 0. The van der Waals surface area contributed by atoms with Crippen LogP contribution < -0.4 is 5.32 Å². The number of hydrogen-bond acceptors (Lipinski definition) is 3. The molecule has 0 heterocycles. The van der Waals surface area contributed by atoms with Gasteiger partial charge in [0.15, 0.2) is 0 Å². The lowest BCUT2D eigenvalue weighted by Gasteiger charge is -2.10. The fourth-order valence-corrected chi connectivity index (χ4v) is 2.56. The average molecular weight is 292 g/mol. The summed E-state index contributed by atoms with van der Waals surface area (Å²) in [6.45, 7) is 2.35. The lowest BCUT2D eigenvalue weighted by atomic mass is 10.1. The minimum Gasteiger partial charge on any atom is -0.381 e. The van der Waals surface area contributed by atoms with E-state index in [-0.39, 0.29) is 10.6 Å². The minimum atomic E-state index is -0.338. The van der Waals surface area contributed by atoms with Gasteiger partial charge in [-0.1, -0.05) is 42.5 Å². The second kappa shape index (κ2) is 5.85. The molecular weight excluding hydrogens is 276 g/mol. The van der Waals surface area contributed by atoms with Gasteiger partial charge in [0, 0.05) is 23.9 Å². The van der Waals surface area contributed by atoms with E-state index in [1.165, 1.54) is 16.8 Å². The number of nitro benzene ring substituents is 1. The zero-order valence-electron chi connectivity index (χ0n) is 12.2. The minimum absolute atomic E-state index is 0.165. The molecule has 0 aliphatic heterocycles. The molecule has 0 fully saturated rings. The second-order valence-corrected chi connectivity index (χ2v) is 5.23. The SMILES string of the molecule is Cc1c(CNc2ccc3ccccc3c2)cccc1[N+](=O)[O-]. The Kier molecular flexibility index (Phi) is 3.74. The molecule has 0 amide bonds. The summed E-state index contributed by atoms with van der Waals surface area (Å²) in [5.41, 5.74) is 2.81. The molecule has 22 heavy (non-hydrogen) atoms. The number of rotatable bonds is 4. The average Bonchev–Trinajstić information content (AvgIpc) is 2.53. The van der Waals surface area contributed by atoms with Gasteiger partial charge in [0.25, 0.3) is 5.69 Å². The van der Waals surface area contributed by atoms with Crippen LogP contribution in [0.5, 0.6) is 0 Å². The molecule has 3 rings (SSSR count). The highest BCUT2D eigenvalue weighted by Crippen LogP contribution is 2.23. The van der Waals surface area contributed by atoms with Crippen LogP contribution in [0.3, 0.4) is 0 Å². The van der Waals surface area contributed by atoms with Crippen molar-refractivity contribution in [1.82, 2.24) is 0 Å². The van der Waals surface area contributed by atoms with E-state index in [4.69, 9.17) is 0 Å². The fraction of sp³-hybridized carbons (Fsp3) is 0.111. The first-order chi connectivity index (χ1) is 10.6.